The third-order valence-corrected chi connectivity index (χ3v) is 3.43. The van der Waals surface area contributed by atoms with Crippen LogP contribution >= 0.6 is 15.9 Å². The molecule has 0 heterocycles. The minimum Gasteiger partial charge on any atom is -0.324 e. The average Bonchev–Trinajstić information content (AvgIpc) is 2.12. The lowest BCUT2D eigenvalue weighted by molar-refractivity contribution is 0.556. The molecule has 1 aromatic rings. The van der Waals surface area contributed by atoms with Crippen molar-refractivity contribution in [2.45, 2.75) is 25.3 Å². The Morgan fingerprint density at radius 2 is 2.23 bits per heavy atom. The highest BCUT2D eigenvalue weighted by Gasteiger charge is 2.20. The van der Waals surface area contributed by atoms with E-state index in [9.17, 15) is 4.39 Å². The Morgan fingerprint density at radius 3 is 3.00 bits per heavy atom. The maximum Gasteiger partial charge on any atom is 0.137 e. The lowest BCUT2D eigenvalue weighted by atomic mass is 9.88. The van der Waals surface area contributed by atoms with E-state index < -0.39 is 0 Å². The van der Waals surface area contributed by atoms with Crippen LogP contribution in [0.1, 0.15) is 30.0 Å². The van der Waals surface area contributed by atoms with Crippen LogP contribution in [0.15, 0.2) is 16.6 Å². The van der Waals surface area contributed by atoms with E-state index in [0.29, 0.717) is 4.47 Å². The number of hydrogen-bond donors (Lipinski definition) is 1. The fourth-order valence-electron chi connectivity index (χ4n) is 1.86. The number of rotatable bonds is 0. The van der Waals surface area contributed by atoms with E-state index in [1.165, 1.54) is 6.07 Å². The minimum absolute atomic E-state index is 0.0839. The van der Waals surface area contributed by atoms with Crippen molar-refractivity contribution in [1.29, 1.82) is 0 Å². The van der Waals surface area contributed by atoms with Gasteiger partial charge < -0.3 is 5.73 Å². The van der Waals surface area contributed by atoms with E-state index in [1.54, 1.807) is 6.07 Å². The van der Waals surface area contributed by atoms with Crippen LogP contribution in [0.5, 0.6) is 0 Å². The van der Waals surface area contributed by atoms with Crippen molar-refractivity contribution in [1.82, 2.24) is 0 Å². The molecule has 0 saturated carbocycles. The van der Waals surface area contributed by atoms with E-state index in [2.05, 4.69) is 15.9 Å². The molecule has 1 nitrogen and oxygen atoms in total. The summed E-state index contributed by atoms with van der Waals surface area (Å²) in [5.74, 6) is -0.187. The molecule has 1 atom stereocenters. The molecule has 0 unspecified atom stereocenters. The number of halogens is 2. The summed E-state index contributed by atoms with van der Waals surface area (Å²) in [6.07, 6.45) is 2.99. The Kier molecular flexibility index (Phi) is 2.39. The molecule has 0 amide bonds. The third kappa shape index (κ3) is 1.51. The van der Waals surface area contributed by atoms with Crippen LogP contribution in [0.3, 0.4) is 0 Å². The smallest absolute Gasteiger partial charge is 0.137 e. The van der Waals surface area contributed by atoms with Crippen molar-refractivity contribution in [2.24, 2.45) is 5.73 Å². The summed E-state index contributed by atoms with van der Waals surface area (Å²) in [5, 5.41) is 0. The van der Waals surface area contributed by atoms with E-state index in [4.69, 9.17) is 5.73 Å². The van der Waals surface area contributed by atoms with E-state index >= 15 is 0 Å². The Morgan fingerprint density at radius 1 is 1.46 bits per heavy atom. The second kappa shape index (κ2) is 3.39. The standard InChI is InChI=1S/C10H11BrFN/c11-10-7-2-1-3-9(13)6(7)4-5-8(10)12/h4-5,9H,1-3,13H2/t9-/m0/s1. The highest BCUT2D eigenvalue weighted by molar-refractivity contribution is 9.10. The van der Waals surface area contributed by atoms with Crippen LogP contribution in [-0.4, -0.2) is 0 Å². The van der Waals surface area contributed by atoms with E-state index in [1.807, 2.05) is 0 Å². The molecule has 0 spiro atoms. The zero-order valence-corrected chi connectivity index (χ0v) is 8.77. The van der Waals surface area contributed by atoms with Crippen LogP contribution < -0.4 is 5.73 Å². The van der Waals surface area contributed by atoms with E-state index in [-0.39, 0.29) is 11.9 Å². The molecule has 2 rings (SSSR count). The number of hydrogen-bond acceptors (Lipinski definition) is 1. The van der Waals surface area contributed by atoms with Gasteiger partial charge >= 0.3 is 0 Å². The first-order valence-electron chi connectivity index (χ1n) is 4.42. The number of fused-ring (bicyclic) bond motifs is 1. The molecule has 1 aliphatic rings. The fraction of sp³-hybridized carbons (Fsp3) is 0.400. The van der Waals surface area contributed by atoms with Crippen LogP contribution in [0, 0.1) is 5.82 Å². The quantitative estimate of drug-likeness (QED) is 0.746. The first-order chi connectivity index (χ1) is 6.20. The summed E-state index contributed by atoms with van der Waals surface area (Å²) in [6, 6.07) is 3.37. The van der Waals surface area contributed by atoms with Crippen molar-refractivity contribution in [3.05, 3.63) is 33.5 Å². The molecule has 2 N–H and O–H groups in total. The monoisotopic (exact) mass is 243 g/mol. The Balaban J connectivity index is 2.56. The zero-order chi connectivity index (χ0) is 9.42. The van der Waals surface area contributed by atoms with Crippen molar-refractivity contribution in [3.8, 4) is 0 Å². The second-order valence-electron chi connectivity index (χ2n) is 3.43. The molecule has 0 saturated heterocycles. The molecule has 1 aliphatic carbocycles. The van der Waals surface area contributed by atoms with Gasteiger partial charge in [-0.2, -0.15) is 0 Å². The highest BCUT2D eigenvalue weighted by Crippen LogP contribution is 2.34. The molecule has 0 bridgehead atoms. The molecular weight excluding hydrogens is 233 g/mol. The van der Waals surface area contributed by atoms with Crippen molar-refractivity contribution < 1.29 is 4.39 Å². The molecule has 0 radical (unpaired) electrons. The summed E-state index contributed by atoms with van der Waals surface area (Å²) in [6.45, 7) is 0. The lowest BCUT2D eigenvalue weighted by Gasteiger charge is -2.23. The Bertz CT molecular complexity index is 338. The van der Waals surface area contributed by atoms with Gasteiger partial charge in [0.1, 0.15) is 5.82 Å². The molecular formula is C10H11BrFN. The molecule has 0 aromatic heterocycles. The second-order valence-corrected chi connectivity index (χ2v) is 4.22. The van der Waals surface area contributed by atoms with Gasteiger partial charge in [0, 0.05) is 6.04 Å². The Hall–Kier alpha value is -0.410. The predicted molar refractivity (Wildman–Crippen MR) is 54.0 cm³/mol. The molecule has 13 heavy (non-hydrogen) atoms. The molecule has 1 aromatic carbocycles. The average molecular weight is 244 g/mol. The van der Waals surface area contributed by atoms with Gasteiger partial charge in [0.25, 0.3) is 0 Å². The summed E-state index contributed by atoms with van der Waals surface area (Å²) < 4.78 is 13.7. The predicted octanol–water partition coefficient (Wildman–Crippen LogP) is 2.92. The fourth-order valence-corrected chi connectivity index (χ4v) is 2.42. The third-order valence-electron chi connectivity index (χ3n) is 2.57. The largest absolute Gasteiger partial charge is 0.324 e. The van der Waals surface area contributed by atoms with Crippen LogP contribution in [0.4, 0.5) is 4.39 Å². The summed E-state index contributed by atoms with van der Waals surface area (Å²) in [5.41, 5.74) is 8.07. The van der Waals surface area contributed by atoms with Gasteiger partial charge in [0.05, 0.1) is 4.47 Å². The van der Waals surface area contributed by atoms with Gasteiger partial charge in [-0.1, -0.05) is 6.07 Å². The molecule has 0 aliphatic heterocycles. The first-order valence-corrected chi connectivity index (χ1v) is 5.22. The maximum absolute atomic E-state index is 13.1. The number of nitrogens with two attached hydrogens (primary N) is 1. The van der Waals surface area contributed by atoms with Crippen molar-refractivity contribution in [3.63, 3.8) is 0 Å². The Labute approximate surface area is 85.3 Å². The van der Waals surface area contributed by atoms with Gasteiger partial charge in [-0.25, -0.2) is 4.39 Å². The minimum atomic E-state index is -0.187. The number of benzene rings is 1. The lowest BCUT2D eigenvalue weighted by Crippen LogP contribution is -2.18. The highest BCUT2D eigenvalue weighted by atomic mass is 79.9. The molecule has 70 valence electrons. The van der Waals surface area contributed by atoms with Crippen molar-refractivity contribution >= 4 is 15.9 Å². The van der Waals surface area contributed by atoms with Crippen molar-refractivity contribution in [2.75, 3.05) is 0 Å². The van der Waals surface area contributed by atoms with Gasteiger partial charge in [-0.3, -0.25) is 0 Å². The molecule has 0 fully saturated rings. The normalized spacial score (nSPS) is 21.3. The maximum atomic E-state index is 13.1. The zero-order valence-electron chi connectivity index (χ0n) is 7.19. The summed E-state index contributed by atoms with van der Waals surface area (Å²) in [4.78, 5) is 0. The van der Waals surface area contributed by atoms with Gasteiger partial charge in [-0.05, 0) is 52.4 Å². The summed E-state index contributed by atoms with van der Waals surface area (Å²) in [7, 11) is 0. The first kappa shape index (κ1) is 9.16. The van der Waals surface area contributed by atoms with Crippen LogP contribution in [0.2, 0.25) is 0 Å². The van der Waals surface area contributed by atoms with Gasteiger partial charge in [-0.15, -0.1) is 0 Å². The van der Waals surface area contributed by atoms with Crippen LogP contribution in [-0.2, 0) is 6.42 Å². The topological polar surface area (TPSA) is 26.0 Å². The van der Waals surface area contributed by atoms with Gasteiger partial charge in [0.15, 0.2) is 0 Å². The van der Waals surface area contributed by atoms with Gasteiger partial charge in [0.2, 0.25) is 0 Å². The van der Waals surface area contributed by atoms with Crippen LogP contribution in [0.25, 0.3) is 0 Å². The SMILES string of the molecule is N[C@H]1CCCc2c1ccc(F)c2Br. The summed E-state index contributed by atoms with van der Waals surface area (Å²) >= 11 is 3.26. The van der Waals surface area contributed by atoms with E-state index in [0.717, 1.165) is 30.4 Å². The molecule has 3 heteroatoms.